The topological polar surface area (TPSA) is 90.0 Å². The second-order valence-electron chi connectivity index (χ2n) is 2.82. The highest BCUT2D eigenvalue weighted by molar-refractivity contribution is 7.82. The van der Waals surface area contributed by atoms with Crippen molar-refractivity contribution in [3.8, 4) is 0 Å². The Kier molecular flexibility index (Phi) is 7.86. The van der Waals surface area contributed by atoms with E-state index in [1.165, 1.54) is 6.08 Å². The molecule has 2 N–H and O–H groups in total. The Morgan fingerprint density at radius 3 is 2.28 bits per heavy atom. The zero-order valence-electron chi connectivity index (χ0n) is 9.05. The van der Waals surface area contributed by atoms with Gasteiger partial charge in [-0.25, -0.2) is 5.43 Å². The first-order chi connectivity index (χ1) is 8.27. The molecule has 0 aliphatic carbocycles. The number of halogens is 3. The standard InChI is InChI=1S/C7H11Cl3N3O4P/c1-2-3-12(18(10,16)17)13(7(15)5-9)11-6(14)4-8/h2H,1,3-5H2,(H,11,14)(H,16,17). The summed E-state index contributed by atoms with van der Waals surface area (Å²) in [6.45, 7) is -1.28. The van der Waals surface area contributed by atoms with Crippen molar-refractivity contribution in [1.82, 2.24) is 15.3 Å². The molecule has 2 amide bonds. The van der Waals surface area contributed by atoms with E-state index in [-0.39, 0.29) is 6.54 Å². The molecule has 0 spiro atoms. The van der Waals surface area contributed by atoms with Crippen molar-refractivity contribution in [2.75, 3.05) is 18.3 Å². The van der Waals surface area contributed by atoms with Crippen LogP contribution in [0.2, 0.25) is 0 Å². The van der Waals surface area contributed by atoms with Crippen molar-refractivity contribution in [2.24, 2.45) is 0 Å². The van der Waals surface area contributed by atoms with Gasteiger partial charge in [0.15, 0.2) is 0 Å². The molecular formula is C7H11Cl3N3O4P. The van der Waals surface area contributed by atoms with Crippen LogP contribution in [0.1, 0.15) is 0 Å². The van der Waals surface area contributed by atoms with Crippen LogP contribution in [-0.2, 0) is 14.2 Å². The molecule has 0 fully saturated rings. The molecule has 0 aliphatic rings. The maximum Gasteiger partial charge on any atom is 0.380 e. The predicted octanol–water partition coefficient (Wildman–Crippen LogP) is 1.07. The highest BCUT2D eigenvalue weighted by Crippen LogP contribution is 2.50. The Morgan fingerprint density at radius 1 is 1.39 bits per heavy atom. The van der Waals surface area contributed by atoms with Gasteiger partial charge >= 0.3 is 6.87 Å². The average Bonchev–Trinajstić information content (AvgIpc) is 2.30. The Hall–Kier alpha value is -0.300. The first-order valence-electron chi connectivity index (χ1n) is 4.43. The van der Waals surface area contributed by atoms with Gasteiger partial charge < -0.3 is 4.89 Å². The molecule has 0 radical (unpaired) electrons. The summed E-state index contributed by atoms with van der Waals surface area (Å²) in [5, 5.41) is 0.452. The first-order valence-corrected chi connectivity index (χ1v) is 8.02. The second kappa shape index (κ2) is 7.99. The number of rotatable bonds is 6. The van der Waals surface area contributed by atoms with E-state index in [4.69, 9.17) is 34.4 Å². The number of nitrogens with one attached hydrogen (secondary N) is 1. The minimum absolute atomic E-state index is 0.261. The molecular weight excluding hydrogens is 327 g/mol. The number of nitrogens with zero attached hydrogens (tertiary/aromatic N) is 2. The van der Waals surface area contributed by atoms with Crippen molar-refractivity contribution in [2.45, 2.75) is 0 Å². The van der Waals surface area contributed by atoms with Gasteiger partial charge in [0, 0.05) is 6.54 Å². The Labute approximate surface area is 119 Å². The maximum absolute atomic E-state index is 11.5. The molecule has 0 heterocycles. The lowest BCUT2D eigenvalue weighted by Crippen LogP contribution is -2.55. The van der Waals surface area contributed by atoms with Crippen molar-refractivity contribution in [1.29, 1.82) is 0 Å². The van der Waals surface area contributed by atoms with Crippen LogP contribution >= 0.6 is 41.3 Å². The summed E-state index contributed by atoms with van der Waals surface area (Å²) < 4.78 is 11.9. The molecule has 0 saturated carbocycles. The van der Waals surface area contributed by atoms with Crippen molar-refractivity contribution >= 4 is 53.1 Å². The van der Waals surface area contributed by atoms with E-state index in [1.54, 1.807) is 0 Å². The van der Waals surface area contributed by atoms with E-state index in [1.807, 2.05) is 5.43 Å². The molecule has 0 aromatic heterocycles. The Balaban J connectivity index is 5.22. The van der Waals surface area contributed by atoms with E-state index in [9.17, 15) is 19.0 Å². The summed E-state index contributed by atoms with van der Waals surface area (Å²) in [6, 6.07) is 0. The van der Waals surface area contributed by atoms with Crippen LogP contribution in [0.25, 0.3) is 0 Å². The normalized spacial score (nSPS) is 13.8. The van der Waals surface area contributed by atoms with E-state index >= 15 is 0 Å². The molecule has 0 bridgehead atoms. The fourth-order valence-electron chi connectivity index (χ4n) is 0.862. The number of hydrazine groups is 2. The molecule has 1 atom stereocenters. The van der Waals surface area contributed by atoms with E-state index in [2.05, 4.69) is 6.58 Å². The monoisotopic (exact) mass is 337 g/mol. The summed E-state index contributed by atoms with van der Waals surface area (Å²) in [4.78, 5) is 31.9. The zero-order valence-corrected chi connectivity index (χ0v) is 12.2. The molecule has 0 aromatic carbocycles. The summed E-state index contributed by atoms with van der Waals surface area (Å²) in [7, 11) is 0. The van der Waals surface area contributed by atoms with Crippen LogP contribution in [0.15, 0.2) is 12.7 Å². The minimum atomic E-state index is -4.36. The van der Waals surface area contributed by atoms with Gasteiger partial charge in [-0.05, 0) is 11.2 Å². The molecule has 11 heteroatoms. The van der Waals surface area contributed by atoms with Gasteiger partial charge in [0.2, 0.25) is 0 Å². The summed E-state index contributed by atoms with van der Waals surface area (Å²) in [5.41, 5.74) is 2.00. The molecule has 0 rings (SSSR count). The van der Waals surface area contributed by atoms with Gasteiger partial charge in [0.25, 0.3) is 11.8 Å². The smallest absolute Gasteiger partial charge is 0.321 e. The lowest BCUT2D eigenvalue weighted by Gasteiger charge is -2.32. The maximum atomic E-state index is 11.5. The first kappa shape index (κ1) is 17.7. The fourth-order valence-corrected chi connectivity index (χ4v) is 2.10. The molecule has 0 saturated heterocycles. The van der Waals surface area contributed by atoms with Crippen LogP contribution in [0.5, 0.6) is 0 Å². The van der Waals surface area contributed by atoms with Gasteiger partial charge in [0.1, 0.15) is 11.8 Å². The van der Waals surface area contributed by atoms with Crippen LogP contribution in [0, 0.1) is 0 Å². The Bertz CT molecular complexity index is 375. The third-order valence-electron chi connectivity index (χ3n) is 1.51. The van der Waals surface area contributed by atoms with Crippen molar-refractivity contribution < 1.29 is 19.0 Å². The number of amides is 2. The lowest BCUT2D eigenvalue weighted by atomic mass is 10.6. The second-order valence-corrected chi connectivity index (χ2v) is 6.09. The molecule has 7 nitrogen and oxygen atoms in total. The van der Waals surface area contributed by atoms with Crippen LogP contribution in [0.3, 0.4) is 0 Å². The molecule has 104 valence electrons. The molecule has 18 heavy (non-hydrogen) atoms. The lowest BCUT2D eigenvalue weighted by molar-refractivity contribution is -0.151. The van der Waals surface area contributed by atoms with Crippen LogP contribution in [-0.4, -0.2) is 44.9 Å². The quantitative estimate of drug-likeness (QED) is 0.327. The average molecular weight is 339 g/mol. The van der Waals surface area contributed by atoms with Gasteiger partial charge in [-0.1, -0.05) is 6.08 Å². The number of alkyl halides is 2. The van der Waals surface area contributed by atoms with Gasteiger partial charge in [-0.3, -0.25) is 14.2 Å². The Morgan fingerprint density at radius 2 is 1.94 bits per heavy atom. The summed E-state index contributed by atoms with van der Waals surface area (Å²) in [6.07, 6.45) is 1.21. The predicted molar refractivity (Wildman–Crippen MR) is 69.0 cm³/mol. The molecule has 0 aliphatic heterocycles. The number of carbonyl (C=O) groups is 2. The third-order valence-corrected chi connectivity index (χ3v) is 3.42. The van der Waals surface area contributed by atoms with Crippen LogP contribution in [0.4, 0.5) is 0 Å². The van der Waals surface area contributed by atoms with Gasteiger partial charge in [0.05, 0.1) is 0 Å². The van der Waals surface area contributed by atoms with Crippen LogP contribution < -0.4 is 5.43 Å². The van der Waals surface area contributed by atoms with Crippen molar-refractivity contribution in [3.05, 3.63) is 12.7 Å². The SMILES string of the molecule is C=CCN(N(NC(=O)CCl)C(=O)CCl)P(=O)(O)Cl. The molecule has 0 aromatic rings. The number of hydrogen-bond donors (Lipinski definition) is 2. The van der Waals surface area contributed by atoms with E-state index in [0.717, 1.165) is 0 Å². The highest BCUT2D eigenvalue weighted by Gasteiger charge is 2.34. The third kappa shape index (κ3) is 5.56. The van der Waals surface area contributed by atoms with Gasteiger partial charge in [-0.2, -0.15) is 5.12 Å². The largest absolute Gasteiger partial charge is 0.380 e. The van der Waals surface area contributed by atoms with E-state index < -0.39 is 30.4 Å². The van der Waals surface area contributed by atoms with Crippen molar-refractivity contribution in [3.63, 3.8) is 0 Å². The number of carbonyl (C=O) groups excluding carboxylic acids is 2. The minimum Gasteiger partial charge on any atom is -0.321 e. The molecule has 1 unspecified atom stereocenters. The fraction of sp³-hybridized carbons (Fsp3) is 0.429. The zero-order chi connectivity index (χ0) is 14.3. The summed E-state index contributed by atoms with van der Waals surface area (Å²) in [5.74, 6) is -2.61. The van der Waals surface area contributed by atoms with Gasteiger partial charge in [-0.15, -0.1) is 34.6 Å². The summed E-state index contributed by atoms with van der Waals surface area (Å²) >= 11 is 15.8. The van der Waals surface area contributed by atoms with E-state index in [0.29, 0.717) is 9.90 Å². The number of hydrogen-bond acceptors (Lipinski definition) is 3. The highest BCUT2D eigenvalue weighted by atomic mass is 35.7.